The van der Waals surface area contributed by atoms with Crippen molar-refractivity contribution in [2.24, 2.45) is 0 Å². The fraction of sp³-hybridized carbons (Fsp3) is 0.480. The maximum absolute atomic E-state index is 14.6. The van der Waals surface area contributed by atoms with Crippen LogP contribution in [0.2, 0.25) is 0 Å². The van der Waals surface area contributed by atoms with Crippen LogP contribution in [0, 0.1) is 5.82 Å². The Balaban J connectivity index is 1.62. The first-order valence-corrected chi connectivity index (χ1v) is 12.0. The number of hydrogen-bond acceptors (Lipinski definition) is 5. The molecule has 1 aliphatic carbocycles. The quantitative estimate of drug-likeness (QED) is 0.485. The summed E-state index contributed by atoms with van der Waals surface area (Å²) in [5.74, 6) is 0.00580. The number of benzene rings is 1. The number of urea groups is 2. The molecular formula is C25H33FN6O3. The number of halogens is 1. The van der Waals surface area contributed by atoms with Crippen LogP contribution in [0.25, 0.3) is 0 Å². The molecule has 1 aromatic carbocycles. The average molecular weight is 485 g/mol. The van der Waals surface area contributed by atoms with Crippen LogP contribution in [0.4, 0.5) is 36.9 Å². The standard InChI is InChI=1S/C25H33FN6O3/c1-25(2,15-33)32-21-12-22(27-3)28-13-16(21)14-31(24(32)35)18-9-10-19(26)20(11-18)30-23(34)29-17-7-5-4-6-8-17/h9-13,17,33H,4-8,14-15H2,1-3H3,(H,27,28)(H2,29,30,34). The van der Waals surface area contributed by atoms with E-state index in [1.165, 1.54) is 34.4 Å². The monoisotopic (exact) mass is 484 g/mol. The summed E-state index contributed by atoms with van der Waals surface area (Å²) in [7, 11) is 1.74. The van der Waals surface area contributed by atoms with Crippen molar-refractivity contribution >= 4 is 34.9 Å². The smallest absolute Gasteiger partial charge is 0.329 e. The number of aliphatic hydroxyl groups excluding tert-OH is 1. The first-order chi connectivity index (χ1) is 16.7. The Morgan fingerprint density at radius 2 is 1.97 bits per heavy atom. The van der Waals surface area contributed by atoms with Crippen LogP contribution < -0.4 is 25.8 Å². The summed E-state index contributed by atoms with van der Waals surface area (Å²) in [6.07, 6.45) is 6.81. The number of aliphatic hydroxyl groups is 1. The van der Waals surface area contributed by atoms with Crippen LogP contribution in [0.1, 0.15) is 51.5 Å². The van der Waals surface area contributed by atoms with Crippen LogP contribution in [0.5, 0.6) is 0 Å². The summed E-state index contributed by atoms with van der Waals surface area (Å²) in [5, 5.41) is 18.5. The Kier molecular flexibility index (Phi) is 7.11. The zero-order valence-corrected chi connectivity index (χ0v) is 20.4. The van der Waals surface area contributed by atoms with Gasteiger partial charge in [-0.1, -0.05) is 19.3 Å². The summed E-state index contributed by atoms with van der Waals surface area (Å²) < 4.78 is 14.6. The van der Waals surface area contributed by atoms with Crippen LogP contribution in [-0.4, -0.2) is 47.4 Å². The van der Waals surface area contributed by atoms with Crippen LogP contribution >= 0.6 is 0 Å². The fourth-order valence-corrected chi connectivity index (χ4v) is 4.63. The maximum atomic E-state index is 14.6. The molecule has 0 unspecified atom stereocenters. The van der Waals surface area contributed by atoms with Crippen molar-refractivity contribution in [1.29, 1.82) is 0 Å². The summed E-state index contributed by atoms with van der Waals surface area (Å²) >= 11 is 0. The van der Waals surface area contributed by atoms with Crippen LogP contribution in [-0.2, 0) is 6.54 Å². The van der Waals surface area contributed by atoms with E-state index in [1.807, 2.05) is 0 Å². The third-order valence-electron chi connectivity index (χ3n) is 6.65. The van der Waals surface area contributed by atoms with Gasteiger partial charge in [0.15, 0.2) is 0 Å². The Morgan fingerprint density at radius 3 is 2.66 bits per heavy atom. The van der Waals surface area contributed by atoms with Gasteiger partial charge in [0, 0.05) is 36.6 Å². The Labute approximate surface area is 204 Å². The predicted molar refractivity (Wildman–Crippen MR) is 134 cm³/mol. The first kappa shape index (κ1) is 24.7. The summed E-state index contributed by atoms with van der Waals surface area (Å²) in [6.45, 7) is 3.49. The van der Waals surface area contributed by atoms with Crippen molar-refractivity contribution in [3.8, 4) is 0 Å². The molecular weight excluding hydrogens is 451 g/mol. The van der Waals surface area contributed by atoms with Gasteiger partial charge in [0.1, 0.15) is 11.6 Å². The number of anilines is 4. The normalized spacial score (nSPS) is 16.7. The lowest BCUT2D eigenvalue weighted by atomic mass is 9.96. The van der Waals surface area contributed by atoms with Crippen LogP contribution in [0.15, 0.2) is 30.5 Å². The van der Waals surface area contributed by atoms with Crippen molar-refractivity contribution in [2.75, 3.05) is 34.1 Å². The number of hydrogen-bond donors (Lipinski definition) is 4. The maximum Gasteiger partial charge on any atom is 0.329 e. The van der Waals surface area contributed by atoms with E-state index >= 15 is 0 Å². The van der Waals surface area contributed by atoms with Gasteiger partial charge in [-0.3, -0.25) is 9.80 Å². The summed E-state index contributed by atoms with van der Waals surface area (Å²) in [4.78, 5) is 33.6. The number of nitrogens with zero attached hydrogens (tertiary/aromatic N) is 3. The Morgan fingerprint density at radius 1 is 1.23 bits per heavy atom. The van der Waals surface area contributed by atoms with Gasteiger partial charge in [-0.2, -0.15) is 0 Å². The molecule has 4 amide bonds. The van der Waals surface area contributed by atoms with Gasteiger partial charge in [-0.05, 0) is 44.9 Å². The van der Waals surface area contributed by atoms with E-state index in [2.05, 4.69) is 20.9 Å². The topological polar surface area (TPSA) is 110 Å². The molecule has 2 aromatic rings. The number of rotatable bonds is 6. The molecule has 2 heterocycles. The third kappa shape index (κ3) is 5.17. The average Bonchev–Trinajstić information content (AvgIpc) is 2.85. The van der Waals surface area contributed by atoms with E-state index in [0.29, 0.717) is 17.2 Å². The van der Waals surface area contributed by atoms with Gasteiger partial charge in [0.05, 0.1) is 30.1 Å². The highest BCUT2D eigenvalue weighted by molar-refractivity contribution is 6.07. The minimum absolute atomic E-state index is 0.00830. The molecule has 10 heteroatoms. The number of pyridine rings is 1. The molecule has 188 valence electrons. The lowest BCUT2D eigenvalue weighted by Gasteiger charge is -2.44. The van der Waals surface area contributed by atoms with Gasteiger partial charge in [0.2, 0.25) is 0 Å². The first-order valence-electron chi connectivity index (χ1n) is 12.0. The third-order valence-corrected chi connectivity index (χ3v) is 6.65. The molecule has 0 atom stereocenters. The molecule has 4 N–H and O–H groups in total. The fourth-order valence-electron chi connectivity index (χ4n) is 4.63. The minimum atomic E-state index is -0.905. The number of amides is 4. The number of fused-ring (bicyclic) bond motifs is 1. The van der Waals surface area contributed by atoms with E-state index in [0.717, 1.165) is 31.2 Å². The molecule has 4 rings (SSSR count). The largest absolute Gasteiger partial charge is 0.394 e. The van der Waals surface area contributed by atoms with Gasteiger partial charge < -0.3 is 21.1 Å². The molecule has 35 heavy (non-hydrogen) atoms. The van der Waals surface area contributed by atoms with Gasteiger partial charge in [0.25, 0.3) is 0 Å². The van der Waals surface area contributed by atoms with E-state index in [-0.39, 0.29) is 30.9 Å². The predicted octanol–water partition coefficient (Wildman–Crippen LogP) is 4.43. The van der Waals surface area contributed by atoms with Crippen molar-refractivity contribution in [1.82, 2.24) is 10.3 Å². The molecule has 2 aliphatic rings. The number of nitrogens with one attached hydrogen (secondary N) is 3. The Bertz CT molecular complexity index is 1100. The highest BCUT2D eigenvalue weighted by Gasteiger charge is 2.40. The van der Waals surface area contributed by atoms with Gasteiger partial charge in [-0.25, -0.2) is 19.0 Å². The lowest BCUT2D eigenvalue weighted by Crippen LogP contribution is -2.58. The van der Waals surface area contributed by atoms with E-state index in [1.54, 1.807) is 33.2 Å². The van der Waals surface area contributed by atoms with Crippen molar-refractivity contribution < 1.29 is 19.1 Å². The summed E-state index contributed by atoms with van der Waals surface area (Å²) in [5.41, 5.74) is 0.936. The van der Waals surface area contributed by atoms with Crippen molar-refractivity contribution in [3.63, 3.8) is 0 Å². The minimum Gasteiger partial charge on any atom is -0.394 e. The van der Waals surface area contributed by atoms with Gasteiger partial charge >= 0.3 is 12.1 Å². The Hall–Kier alpha value is -3.40. The van der Waals surface area contributed by atoms with Crippen molar-refractivity contribution in [3.05, 3.63) is 41.8 Å². The highest BCUT2D eigenvalue weighted by atomic mass is 19.1. The lowest BCUT2D eigenvalue weighted by molar-refractivity contribution is 0.202. The molecule has 1 fully saturated rings. The number of carbonyl (C=O) groups is 2. The molecule has 1 saturated carbocycles. The van der Waals surface area contributed by atoms with Gasteiger partial charge in [-0.15, -0.1) is 0 Å². The van der Waals surface area contributed by atoms with Crippen LogP contribution in [0.3, 0.4) is 0 Å². The molecule has 0 saturated heterocycles. The summed E-state index contributed by atoms with van der Waals surface area (Å²) in [6, 6.07) is 5.22. The second kappa shape index (κ2) is 10.1. The molecule has 0 spiro atoms. The molecule has 0 bridgehead atoms. The molecule has 9 nitrogen and oxygen atoms in total. The highest BCUT2D eigenvalue weighted by Crippen LogP contribution is 2.38. The second-order valence-electron chi connectivity index (χ2n) is 9.72. The second-order valence-corrected chi connectivity index (χ2v) is 9.72. The molecule has 1 aliphatic heterocycles. The number of carbonyl (C=O) groups excluding carboxylic acids is 2. The van der Waals surface area contributed by atoms with Crippen molar-refractivity contribution in [2.45, 2.75) is 64.1 Å². The molecule has 0 radical (unpaired) electrons. The number of aromatic nitrogens is 1. The zero-order valence-electron chi connectivity index (χ0n) is 20.4. The SMILES string of the molecule is CNc1cc2c(cn1)CN(c1ccc(F)c(NC(=O)NC3CCCCC3)c1)C(=O)N2C(C)(C)CO. The van der Waals surface area contributed by atoms with E-state index in [9.17, 15) is 19.1 Å². The zero-order chi connectivity index (χ0) is 25.2. The van der Waals surface area contributed by atoms with E-state index < -0.39 is 17.4 Å². The molecule has 1 aromatic heterocycles. The van der Waals surface area contributed by atoms with E-state index in [4.69, 9.17) is 0 Å².